The van der Waals surface area contributed by atoms with Crippen LogP contribution in [0.25, 0.3) is 0 Å². The summed E-state index contributed by atoms with van der Waals surface area (Å²) < 4.78 is 18.8. The van der Waals surface area contributed by atoms with Crippen LogP contribution >= 0.6 is 12.2 Å². The first kappa shape index (κ1) is 19.7. The van der Waals surface area contributed by atoms with E-state index in [1.165, 1.54) is 17.7 Å². The first-order chi connectivity index (χ1) is 13.2. The number of halogens is 1. The quantitative estimate of drug-likeness (QED) is 0.715. The summed E-state index contributed by atoms with van der Waals surface area (Å²) in [5, 5.41) is 7.24. The summed E-state index contributed by atoms with van der Waals surface area (Å²) in [6.07, 6.45) is 0.924. The molecule has 4 nitrogen and oxygen atoms in total. The van der Waals surface area contributed by atoms with E-state index in [2.05, 4.69) is 27.7 Å². The molecule has 2 N–H and O–H groups in total. The molecule has 1 aliphatic heterocycles. The molecule has 1 heterocycles. The summed E-state index contributed by atoms with van der Waals surface area (Å²) in [4.78, 5) is 2.36. The fourth-order valence-electron chi connectivity index (χ4n) is 3.25. The van der Waals surface area contributed by atoms with Gasteiger partial charge in [0.2, 0.25) is 0 Å². The number of rotatable bonds is 7. The van der Waals surface area contributed by atoms with Gasteiger partial charge in [-0.2, -0.15) is 0 Å². The molecule has 0 amide bonds. The van der Waals surface area contributed by atoms with Crippen LogP contribution in [0.2, 0.25) is 0 Å². The van der Waals surface area contributed by atoms with Crippen LogP contribution in [-0.2, 0) is 11.2 Å². The van der Waals surface area contributed by atoms with Gasteiger partial charge < -0.3 is 15.4 Å². The number of hydrogen-bond acceptors (Lipinski definition) is 3. The Hall–Kier alpha value is -2.02. The van der Waals surface area contributed by atoms with Gasteiger partial charge in [-0.1, -0.05) is 42.5 Å². The third kappa shape index (κ3) is 6.27. The lowest BCUT2D eigenvalue weighted by Crippen LogP contribution is -2.45. The molecule has 0 unspecified atom stereocenters. The van der Waals surface area contributed by atoms with Gasteiger partial charge in [0.25, 0.3) is 0 Å². The van der Waals surface area contributed by atoms with E-state index in [1.807, 2.05) is 30.3 Å². The first-order valence-electron chi connectivity index (χ1n) is 9.35. The summed E-state index contributed by atoms with van der Waals surface area (Å²) in [5.41, 5.74) is 2.36. The fourth-order valence-corrected chi connectivity index (χ4v) is 3.43. The van der Waals surface area contributed by atoms with Crippen molar-refractivity contribution in [2.45, 2.75) is 12.5 Å². The molecule has 1 aliphatic rings. The lowest BCUT2D eigenvalue weighted by atomic mass is 10.0. The average molecular weight is 388 g/mol. The summed E-state index contributed by atoms with van der Waals surface area (Å²) in [6.45, 7) is 4.61. The Kier molecular flexibility index (Phi) is 7.56. The van der Waals surface area contributed by atoms with Crippen molar-refractivity contribution in [1.29, 1.82) is 0 Å². The molecule has 2 aromatic carbocycles. The van der Waals surface area contributed by atoms with Crippen molar-refractivity contribution < 1.29 is 9.13 Å². The summed E-state index contributed by atoms with van der Waals surface area (Å²) in [7, 11) is 0. The van der Waals surface area contributed by atoms with Crippen LogP contribution in [0.3, 0.4) is 0 Å². The Balaban J connectivity index is 1.52. The van der Waals surface area contributed by atoms with Gasteiger partial charge in [-0.3, -0.25) is 4.90 Å². The Morgan fingerprint density at radius 1 is 1.04 bits per heavy atom. The van der Waals surface area contributed by atoms with E-state index in [9.17, 15) is 4.39 Å². The minimum absolute atomic E-state index is 0.128. The largest absolute Gasteiger partial charge is 0.379 e. The molecule has 0 aliphatic carbocycles. The lowest BCUT2D eigenvalue weighted by molar-refractivity contribution is 0.0170. The van der Waals surface area contributed by atoms with E-state index in [4.69, 9.17) is 17.0 Å². The van der Waals surface area contributed by atoms with Crippen molar-refractivity contribution in [2.24, 2.45) is 0 Å². The zero-order valence-electron chi connectivity index (χ0n) is 15.4. The second kappa shape index (κ2) is 10.3. The number of morpholine rings is 1. The molecule has 1 fully saturated rings. The molecule has 27 heavy (non-hydrogen) atoms. The predicted molar refractivity (Wildman–Crippen MR) is 110 cm³/mol. The Morgan fingerprint density at radius 2 is 1.74 bits per heavy atom. The highest BCUT2D eigenvalue weighted by molar-refractivity contribution is 7.80. The highest BCUT2D eigenvalue weighted by atomic mass is 32.1. The number of nitrogens with zero attached hydrogens (tertiary/aromatic N) is 1. The summed E-state index contributed by atoms with van der Waals surface area (Å²) >= 11 is 5.43. The zero-order chi connectivity index (χ0) is 18.9. The Labute approximate surface area is 165 Å². The maximum absolute atomic E-state index is 13.3. The van der Waals surface area contributed by atoms with Crippen LogP contribution in [0, 0.1) is 5.82 Å². The number of thiocarbonyl (C=S) groups is 1. The van der Waals surface area contributed by atoms with Crippen LogP contribution in [-0.4, -0.2) is 49.4 Å². The molecule has 6 heteroatoms. The number of nitrogens with one attached hydrogen (secondary N) is 2. The maximum atomic E-state index is 13.3. The summed E-state index contributed by atoms with van der Waals surface area (Å²) in [5.74, 6) is -0.217. The minimum atomic E-state index is -0.217. The van der Waals surface area contributed by atoms with Crippen LogP contribution in [0.4, 0.5) is 4.39 Å². The van der Waals surface area contributed by atoms with Crippen molar-refractivity contribution in [2.75, 3.05) is 39.4 Å². The molecule has 0 radical (unpaired) electrons. The van der Waals surface area contributed by atoms with E-state index >= 15 is 0 Å². The highest BCUT2D eigenvalue weighted by Crippen LogP contribution is 2.21. The Morgan fingerprint density at radius 3 is 2.44 bits per heavy atom. The van der Waals surface area contributed by atoms with Gasteiger partial charge >= 0.3 is 0 Å². The summed E-state index contributed by atoms with van der Waals surface area (Å²) in [6, 6.07) is 17.2. The van der Waals surface area contributed by atoms with E-state index in [0.717, 1.165) is 44.8 Å². The molecule has 3 rings (SSSR count). The third-order valence-electron chi connectivity index (χ3n) is 4.74. The van der Waals surface area contributed by atoms with E-state index in [0.29, 0.717) is 11.7 Å². The van der Waals surface area contributed by atoms with Crippen molar-refractivity contribution in [3.8, 4) is 0 Å². The minimum Gasteiger partial charge on any atom is -0.379 e. The average Bonchev–Trinajstić information content (AvgIpc) is 2.71. The van der Waals surface area contributed by atoms with Crippen molar-refractivity contribution in [3.63, 3.8) is 0 Å². The second-order valence-corrected chi connectivity index (χ2v) is 7.00. The van der Waals surface area contributed by atoms with Gasteiger partial charge in [0.15, 0.2) is 5.11 Å². The predicted octanol–water partition coefficient (Wildman–Crippen LogP) is 2.91. The van der Waals surface area contributed by atoms with Gasteiger partial charge in [-0.25, -0.2) is 4.39 Å². The fraction of sp³-hybridized carbons (Fsp3) is 0.381. The molecule has 0 aromatic heterocycles. The molecular formula is C21H26FN3OS. The van der Waals surface area contributed by atoms with Gasteiger partial charge in [0.1, 0.15) is 5.82 Å². The molecule has 0 bridgehead atoms. The van der Waals surface area contributed by atoms with Gasteiger partial charge in [-0.05, 0) is 41.9 Å². The van der Waals surface area contributed by atoms with Crippen molar-refractivity contribution in [3.05, 3.63) is 71.5 Å². The second-order valence-electron chi connectivity index (χ2n) is 6.59. The van der Waals surface area contributed by atoms with Gasteiger partial charge in [-0.15, -0.1) is 0 Å². The first-order valence-corrected chi connectivity index (χ1v) is 9.76. The molecular weight excluding hydrogens is 361 g/mol. The van der Waals surface area contributed by atoms with Crippen LogP contribution in [0.15, 0.2) is 54.6 Å². The number of ether oxygens (including phenoxy) is 1. The van der Waals surface area contributed by atoms with Crippen LogP contribution in [0.5, 0.6) is 0 Å². The van der Waals surface area contributed by atoms with E-state index in [1.54, 1.807) is 0 Å². The molecule has 1 atom stereocenters. The third-order valence-corrected chi connectivity index (χ3v) is 5.03. The smallest absolute Gasteiger partial charge is 0.166 e. The number of hydrogen-bond donors (Lipinski definition) is 2. The molecule has 1 saturated heterocycles. The molecule has 0 spiro atoms. The normalized spacial score (nSPS) is 15.9. The van der Waals surface area contributed by atoms with Crippen molar-refractivity contribution >= 4 is 17.3 Å². The monoisotopic (exact) mass is 387 g/mol. The standard InChI is InChI=1S/C21H26FN3OS/c22-19-8-6-18(7-9-19)20(25-12-14-26-15-13-25)16-24-21(27)23-11-10-17-4-2-1-3-5-17/h1-9,20H,10-16H2,(H2,23,24,27)/t20-/m0/s1. The van der Waals surface area contributed by atoms with Crippen LogP contribution in [0.1, 0.15) is 17.2 Å². The lowest BCUT2D eigenvalue weighted by Gasteiger charge is -2.35. The maximum Gasteiger partial charge on any atom is 0.166 e. The van der Waals surface area contributed by atoms with Crippen LogP contribution < -0.4 is 10.6 Å². The van der Waals surface area contributed by atoms with E-state index < -0.39 is 0 Å². The SMILES string of the molecule is Fc1ccc([C@H](CNC(=S)NCCc2ccccc2)N2CCOCC2)cc1. The zero-order valence-corrected chi connectivity index (χ0v) is 16.2. The number of benzene rings is 2. The van der Waals surface area contributed by atoms with Crippen molar-refractivity contribution in [1.82, 2.24) is 15.5 Å². The topological polar surface area (TPSA) is 36.5 Å². The molecule has 0 saturated carbocycles. The highest BCUT2D eigenvalue weighted by Gasteiger charge is 2.22. The molecule has 144 valence electrons. The van der Waals surface area contributed by atoms with Gasteiger partial charge in [0, 0.05) is 26.2 Å². The molecule has 2 aromatic rings. The van der Waals surface area contributed by atoms with Gasteiger partial charge in [0.05, 0.1) is 19.3 Å². The Bertz CT molecular complexity index is 705. The van der Waals surface area contributed by atoms with E-state index in [-0.39, 0.29) is 11.9 Å².